The molecule has 7 nitrogen and oxygen atoms in total. The van der Waals surface area contributed by atoms with E-state index in [1.54, 1.807) is 6.07 Å². The van der Waals surface area contributed by atoms with Crippen LogP contribution in [0.1, 0.15) is 22.8 Å². The number of benzene rings is 1. The zero-order valence-electron chi connectivity index (χ0n) is 12.5. The van der Waals surface area contributed by atoms with Crippen molar-refractivity contribution in [2.24, 2.45) is 5.10 Å². The number of H-pyrrole nitrogens is 1. The van der Waals surface area contributed by atoms with Gasteiger partial charge in [-0.15, -0.1) is 10.2 Å². The van der Waals surface area contributed by atoms with Gasteiger partial charge in [-0.2, -0.15) is 5.10 Å². The van der Waals surface area contributed by atoms with Crippen LogP contribution in [0.4, 0.5) is 5.95 Å². The molecule has 2 heterocycles. The predicted octanol–water partition coefficient (Wildman–Crippen LogP) is 2.10. The number of anilines is 1. The van der Waals surface area contributed by atoms with Crippen LogP contribution >= 0.6 is 0 Å². The average molecular weight is 309 g/mol. The van der Waals surface area contributed by atoms with Crippen LogP contribution in [0.25, 0.3) is 0 Å². The Morgan fingerprint density at radius 1 is 1.22 bits per heavy atom. The van der Waals surface area contributed by atoms with Crippen molar-refractivity contribution in [2.45, 2.75) is 13.3 Å². The summed E-state index contributed by atoms with van der Waals surface area (Å²) in [5.74, 6) is 1.57. The van der Waals surface area contributed by atoms with E-state index in [2.05, 4.69) is 25.7 Å². The topological polar surface area (TPSA) is 96.2 Å². The van der Waals surface area contributed by atoms with E-state index in [9.17, 15) is 4.79 Å². The van der Waals surface area contributed by atoms with Crippen LogP contribution in [0.15, 0.2) is 56.8 Å². The van der Waals surface area contributed by atoms with Gasteiger partial charge in [-0.3, -0.25) is 9.78 Å². The normalized spacial score (nSPS) is 11.0. The summed E-state index contributed by atoms with van der Waals surface area (Å²) in [6.45, 7) is 1.85. The molecule has 7 heteroatoms. The van der Waals surface area contributed by atoms with Crippen LogP contribution in [-0.2, 0) is 6.42 Å². The van der Waals surface area contributed by atoms with E-state index in [1.807, 2.05) is 43.3 Å². The first-order chi connectivity index (χ1) is 11.2. The fourth-order valence-electron chi connectivity index (χ4n) is 2.00. The number of aryl methyl sites for hydroxylation is 1. The maximum atomic E-state index is 12.0. The third-order valence-electron chi connectivity index (χ3n) is 3.10. The summed E-state index contributed by atoms with van der Waals surface area (Å²) in [5.41, 5.74) is 3.67. The van der Waals surface area contributed by atoms with Crippen LogP contribution in [0.3, 0.4) is 0 Å². The molecule has 0 spiro atoms. The molecule has 0 saturated heterocycles. The van der Waals surface area contributed by atoms with Crippen molar-refractivity contribution in [2.75, 3.05) is 5.43 Å². The van der Waals surface area contributed by atoms with E-state index < -0.39 is 0 Å². The third-order valence-corrected chi connectivity index (χ3v) is 3.10. The number of furan rings is 1. The van der Waals surface area contributed by atoms with Crippen molar-refractivity contribution in [1.82, 2.24) is 15.2 Å². The van der Waals surface area contributed by atoms with E-state index >= 15 is 0 Å². The summed E-state index contributed by atoms with van der Waals surface area (Å²) in [7, 11) is 0. The Hall–Kier alpha value is -3.22. The molecule has 0 fully saturated rings. The van der Waals surface area contributed by atoms with Gasteiger partial charge in [0.05, 0.1) is 6.21 Å². The fraction of sp³-hybridized carbons (Fsp3) is 0.125. The Bertz CT molecular complexity index is 867. The zero-order chi connectivity index (χ0) is 16.1. The molecule has 0 bridgehead atoms. The molecule has 0 aliphatic rings. The minimum absolute atomic E-state index is 0.173. The average Bonchev–Trinajstić information content (AvgIpc) is 2.96. The molecule has 0 unspecified atom stereocenters. The summed E-state index contributed by atoms with van der Waals surface area (Å²) >= 11 is 0. The number of hydrogen-bond acceptors (Lipinski definition) is 6. The predicted molar refractivity (Wildman–Crippen MR) is 86.6 cm³/mol. The van der Waals surface area contributed by atoms with Crippen LogP contribution in [0, 0.1) is 6.92 Å². The van der Waals surface area contributed by atoms with Crippen LogP contribution in [0.5, 0.6) is 0 Å². The van der Waals surface area contributed by atoms with Gasteiger partial charge in [-0.1, -0.05) is 30.3 Å². The van der Waals surface area contributed by atoms with E-state index in [0.29, 0.717) is 17.9 Å². The quantitative estimate of drug-likeness (QED) is 0.556. The minimum Gasteiger partial charge on any atom is -0.460 e. The smallest absolute Gasteiger partial charge is 0.274 e. The maximum absolute atomic E-state index is 12.0. The highest BCUT2D eigenvalue weighted by Gasteiger charge is 2.05. The minimum atomic E-state index is -0.296. The summed E-state index contributed by atoms with van der Waals surface area (Å²) in [6.07, 6.45) is 1.92. The van der Waals surface area contributed by atoms with Gasteiger partial charge >= 0.3 is 0 Å². The number of nitrogens with one attached hydrogen (secondary N) is 2. The van der Waals surface area contributed by atoms with Crippen molar-refractivity contribution >= 4 is 12.2 Å². The Kier molecular flexibility index (Phi) is 4.28. The molecule has 3 aromatic rings. The first-order valence-electron chi connectivity index (χ1n) is 7.06. The summed E-state index contributed by atoms with van der Waals surface area (Å²) < 4.78 is 5.33. The van der Waals surface area contributed by atoms with Gasteiger partial charge in [0.2, 0.25) is 5.95 Å². The first kappa shape index (κ1) is 14.7. The van der Waals surface area contributed by atoms with E-state index in [0.717, 1.165) is 11.3 Å². The van der Waals surface area contributed by atoms with Crippen molar-refractivity contribution in [1.29, 1.82) is 0 Å². The van der Waals surface area contributed by atoms with Crippen LogP contribution < -0.4 is 11.0 Å². The fourth-order valence-corrected chi connectivity index (χ4v) is 2.00. The number of aromatic amines is 1. The molecular formula is C16H15N5O2. The van der Waals surface area contributed by atoms with Gasteiger partial charge in [0.25, 0.3) is 5.56 Å². The summed E-state index contributed by atoms with van der Waals surface area (Å²) in [4.78, 5) is 14.6. The lowest BCUT2D eigenvalue weighted by atomic mass is 10.1. The molecule has 2 N–H and O–H groups in total. The first-order valence-corrected chi connectivity index (χ1v) is 7.06. The summed E-state index contributed by atoms with van der Waals surface area (Å²) in [6, 6.07) is 13.2. The molecule has 0 radical (unpaired) electrons. The highest BCUT2D eigenvalue weighted by Crippen LogP contribution is 2.04. The van der Waals surface area contributed by atoms with E-state index in [4.69, 9.17) is 4.42 Å². The SMILES string of the molecule is Cc1ccc(/C=N\Nc2nnc(Cc3ccccc3)c(=O)[nH]2)o1. The molecule has 3 rings (SSSR count). The van der Waals surface area contributed by atoms with E-state index in [-0.39, 0.29) is 11.5 Å². The lowest BCUT2D eigenvalue weighted by Gasteiger charge is -2.01. The monoisotopic (exact) mass is 309 g/mol. The van der Waals surface area contributed by atoms with Crippen molar-refractivity contribution < 1.29 is 4.42 Å². The van der Waals surface area contributed by atoms with Crippen LogP contribution in [-0.4, -0.2) is 21.4 Å². The Morgan fingerprint density at radius 2 is 2.04 bits per heavy atom. The molecule has 0 atom stereocenters. The standard InChI is InChI=1S/C16H15N5O2/c1-11-7-8-13(23-11)10-17-20-16-18-15(22)14(19-21-16)9-12-5-3-2-4-6-12/h2-8,10H,9H2,1H3,(H2,18,20,21,22)/b17-10-. The number of hydrazone groups is 1. The molecule has 0 saturated carbocycles. The Morgan fingerprint density at radius 3 is 2.74 bits per heavy atom. The molecule has 0 aliphatic carbocycles. The lowest BCUT2D eigenvalue weighted by molar-refractivity contribution is 0.528. The van der Waals surface area contributed by atoms with E-state index in [1.165, 1.54) is 6.21 Å². The maximum Gasteiger partial charge on any atom is 0.274 e. The Balaban J connectivity index is 1.67. The molecule has 1 aromatic carbocycles. The zero-order valence-corrected chi connectivity index (χ0v) is 12.5. The molecule has 0 aliphatic heterocycles. The number of nitrogens with zero attached hydrogens (tertiary/aromatic N) is 3. The van der Waals surface area contributed by atoms with Gasteiger partial charge < -0.3 is 4.42 Å². The number of hydrogen-bond donors (Lipinski definition) is 2. The Labute approximate surface area is 132 Å². The lowest BCUT2D eigenvalue weighted by Crippen LogP contribution is -2.18. The van der Waals surface area contributed by atoms with Gasteiger partial charge in [0, 0.05) is 6.42 Å². The van der Waals surface area contributed by atoms with Crippen molar-refractivity contribution in [3.8, 4) is 0 Å². The van der Waals surface area contributed by atoms with Gasteiger partial charge in [0.15, 0.2) is 0 Å². The second-order valence-electron chi connectivity index (χ2n) is 4.93. The second kappa shape index (κ2) is 6.69. The largest absolute Gasteiger partial charge is 0.460 e. The number of rotatable bonds is 5. The third kappa shape index (κ3) is 3.91. The van der Waals surface area contributed by atoms with Gasteiger partial charge in [0.1, 0.15) is 17.2 Å². The highest BCUT2D eigenvalue weighted by molar-refractivity contribution is 5.76. The van der Waals surface area contributed by atoms with Crippen molar-refractivity contribution in [3.05, 3.63) is 75.6 Å². The van der Waals surface area contributed by atoms with Gasteiger partial charge in [-0.05, 0) is 24.6 Å². The summed E-state index contributed by atoms with van der Waals surface area (Å²) in [5, 5.41) is 11.8. The van der Waals surface area contributed by atoms with Crippen molar-refractivity contribution in [3.63, 3.8) is 0 Å². The molecule has 23 heavy (non-hydrogen) atoms. The molecular weight excluding hydrogens is 294 g/mol. The second-order valence-corrected chi connectivity index (χ2v) is 4.93. The van der Waals surface area contributed by atoms with Gasteiger partial charge in [-0.25, -0.2) is 5.43 Å². The van der Waals surface area contributed by atoms with Crippen LogP contribution in [0.2, 0.25) is 0 Å². The number of aromatic nitrogens is 3. The molecule has 0 amide bonds. The molecule has 116 valence electrons. The highest BCUT2D eigenvalue weighted by atomic mass is 16.3. The molecule has 2 aromatic heterocycles.